The number of hydrogen-bond acceptors (Lipinski definition) is 2. The lowest BCUT2D eigenvalue weighted by Crippen LogP contribution is -2.18. The fourth-order valence-corrected chi connectivity index (χ4v) is 2.48. The van der Waals surface area contributed by atoms with Crippen LogP contribution in [0.15, 0.2) is 36.4 Å². The second-order valence-electron chi connectivity index (χ2n) is 4.95. The van der Waals surface area contributed by atoms with Gasteiger partial charge in [0.2, 0.25) is 0 Å². The van der Waals surface area contributed by atoms with E-state index in [4.69, 9.17) is 33.7 Å². The Labute approximate surface area is 129 Å². The molecule has 0 radical (unpaired) electrons. The molecular formula is C16H17Cl2NO. The maximum absolute atomic E-state index is 6.24. The van der Waals surface area contributed by atoms with Gasteiger partial charge in [-0.05, 0) is 49.6 Å². The van der Waals surface area contributed by atoms with Gasteiger partial charge in [-0.1, -0.05) is 41.4 Å². The Morgan fingerprint density at radius 2 is 1.90 bits per heavy atom. The summed E-state index contributed by atoms with van der Waals surface area (Å²) >= 11 is 12.4. The van der Waals surface area contributed by atoms with E-state index in [1.807, 2.05) is 44.2 Å². The van der Waals surface area contributed by atoms with Gasteiger partial charge < -0.3 is 10.5 Å². The number of aryl methyl sites for hydroxylation is 1. The largest absolute Gasteiger partial charge is 0.454 e. The van der Waals surface area contributed by atoms with Crippen molar-refractivity contribution < 1.29 is 4.74 Å². The number of halogens is 2. The molecule has 0 heterocycles. The molecule has 1 unspecified atom stereocenters. The molecule has 0 amide bonds. The summed E-state index contributed by atoms with van der Waals surface area (Å²) in [5.41, 5.74) is 7.92. The Balaban J connectivity index is 2.37. The summed E-state index contributed by atoms with van der Waals surface area (Å²) in [5.74, 6) is 1.22. The van der Waals surface area contributed by atoms with Crippen LogP contribution in [0, 0.1) is 6.92 Å². The molecule has 0 saturated carbocycles. The van der Waals surface area contributed by atoms with Crippen molar-refractivity contribution in [2.45, 2.75) is 26.3 Å². The molecule has 0 aliphatic heterocycles. The minimum atomic E-state index is 0.0318. The molecule has 0 aromatic heterocycles. The van der Waals surface area contributed by atoms with E-state index in [1.165, 1.54) is 0 Å². The van der Waals surface area contributed by atoms with Crippen molar-refractivity contribution in [2.75, 3.05) is 0 Å². The summed E-state index contributed by atoms with van der Waals surface area (Å²) in [5, 5.41) is 1.12. The Hall–Kier alpha value is -1.22. The first kappa shape index (κ1) is 15.2. The fourth-order valence-electron chi connectivity index (χ4n) is 1.97. The maximum Gasteiger partial charge on any atom is 0.149 e. The Morgan fingerprint density at radius 1 is 1.15 bits per heavy atom. The second-order valence-corrected chi connectivity index (χ2v) is 5.76. The average molecular weight is 310 g/mol. The molecular weight excluding hydrogens is 293 g/mol. The molecule has 2 rings (SSSR count). The first-order valence-corrected chi connectivity index (χ1v) is 7.20. The lowest BCUT2D eigenvalue weighted by atomic mass is 10.1. The van der Waals surface area contributed by atoms with Crippen LogP contribution in [-0.2, 0) is 6.42 Å². The highest BCUT2D eigenvalue weighted by Gasteiger charge is 2.13. The Kier molecular flexibility index (Phi) is 4.92. The summed E-state index contributed by atoms with van der Waals surface area (Å²) < 4.78 is 5.91. The molecule has 2 nitrogen and oxygen atoms in total. The van der Waals surface area contributed by atoms with Gasteiger partial charge in [-0.25, -0.2) is 0 Å². The summed E-state index contributed by atoms with van der Waals surface area (Å²) in [6, 6.07) is 11.3. The Bertz CT molecular complexity index is 611. The van der Waals surface area contributed by atoms with Crippen LogP contribution >= 0.6 is 23.2 Å². The molecule has 4 heteroatoms. The minimum absolute atomic E-state index is 0.0318. The Morgan fingerprint density at radius 3 is 2.55 bits per heavy atom. The predicted molar refractivity (Wildman–Crippen MR) is 85.1 cm³/mol. The number of hydrogen-bond donors (Lipinski definition) is 1. The van der Waals surface area contributed by atoms with Crippen LogP contribution in [-0.4, -0.2) is 6.04 Å². The minimum Gasteiger partial charge on any atom is -0.454 e. The highest BCUT2D eigenvalue weighted by Crippen LogP contribution is 2.36. The van der Waals surface area contributed by atoms with E-state index in [1.54, 1.807) is 6.07 Å². The highest BCUT2D eigenvalue weighted by atomic mass is 35.5. The zero-order valence-electron chi connectivity index (χ0n) is 11.5. The number of para-hydroxylation sites is 1. The van der Waals surface area contributed by atoms with Gasteiger partial charge in [0.25, 0.3) is 0 Å². The van der Waals surface area contributed by atoms with Crippen LogP contribution in [0.3, 0.4) is 0 Å². The molecule has 0 saturated heterocycles. The van der Waals surface area contributed by atoms with Crippen molar-refractivity contribution in [3.8, 4) is 11.5 Å². The number of nitrogens with two attached hydrogens (primary N) is 1. The quantitative estimate of drug-likeness (QED) is 0.864. The predicted octanol–water partition coefficient (Wildman–Crippen LogP) is 4.98. The lowest BCUT2D eigenvalue weighted by molar-refractivity contribution is 0.474. The molecule has 0 aliphatic carbocycles. The molecule has 2 aromatic carbocycles. The van der Waals surface area contributed by atoms with E-state index in [9.17, 15) is 0 Å². The number of ether oxygens (including phenoxy) is 1. The molecule has 106 valence electrons. The van der Waals surface area contributed by atoms with Crippen LogP contribution in [0.1, 0.15) is 18.1 Å². The molecule has 2 aromatic rings. The highest BCUT2D eigenvalue weighted by molar-refractivity contribution is 6.33. The van der Waals surface area contributed by atoms with Crippen LogP contribution < -0.4 is 10.5 Å². The molecule has 2 N–H and O–H groups in total. The lowest BCUT2D eigenvalue weighted by Gasteiger charge is -2.15. The van der Waals surface area contributed by atoms with Crippen LogP contribution in [0.4, 0.5) is 0 Å². The maximum atomic E-state index is 6.24. The second kappa shape index (κ2) is 6.49. The summed E-state index contributed by atoms with van der Waals surface area (Å²) in [6.07, 6.45) is 0.694. The van der Waals surface area contributed by atoms with Crippen molar-refractivity contribution in [3.63, 3.8) is 0 Å². The standard InChI is InChI=1S/C16H17Cl2NO/c1-10-6-7-15(14(18)8-10)20-16-12(9-11(2)19)4-3-5-13(16)17/h3-8,11H,9,19H2,1-2H3. The van der Waals surface area contributed by atoms with E-state index >= 15 is 0 Å². The summed E-state index contributed by atoms with van der Waals surface area (Å²) in [4.78, 5) is 0. The van der Waals surface area contributed by atoms with Crippen molar-refractivity contribution in [3.05, 3.63) is 57.6 Å². The molecule has 1 atom stereocenters. The monoisotopic (exact) mass is 309 g/mol. The van der Waals surface area contributed by atoms with Gasteiger partial charge in [0.15, 0.2) is 0 Å². The van der Waals surface area contributed by atoms with Gasteiger partial charge in [-0.3, -0.25) is 0 Å². The first-order chi connectivity index (χ1) is 9.47. The van der Waals surface area contributed by atoms with E-state index < -0.39 is 0 Å². The topological polar surface area (TPSA) is 35.2 Å². The molecule has 0 bridgehead atoms. The zero-order chi connectivity index (χ0) is 14.7. The van der Waals surface area contributed by atoms with Crippen molar-refractivity contribution >= 4 is 23.2 Å². The summed E-state index contributed by atoms with van der Waals surface area (Å²) in [7, 11) is 0. The van der Waals surface area contributed by atoms with E-state index in [0.717, 1.165) is 11.1 Å². The van der Waals surface area contributed by atoms with Crippen molar-refractivity contribution in [2.24, 2.45) is 5.73 Å². The fraction of sp³-hybridized carbons (Fsp3) is 0.250. The van der Waals surface area contributed by atoms with Crippen LogP contribution in [0.25, 0.3) is 0 Å². The van der Waals surface area contributed by atoms with Gasteiger partial charge in [0.05, 0.1) is 10.0 Å². The van der Waals surface area contributed by atoms with Gasteiger partial charge in [-0.15, -0.1) is 0 Å². The zero-order valence-corrected chi connectivity index (χ0v) is 13.0. The number of benzene rings is 2. The van der Waals surface area contributed by atoms with Crippen LogP contribution in [0.5, 0.6) is 11.5 Å². The molecule has 0 spiro atoms. The third-order valence-corrected chi connectivity index (χ3v) is 3.48. The molecule has 0 aliphatic rings. The first-order valence-electron chi connectivity index (χ1n) is 6.44. The van der Waals surface area contributed by atoms with E-state index in [-0.39, 0.29) is 6.04 Å². The van der Waals surface area contributed by atoms with E-state index in [0.29, 0.717) is 28.0 Å². The molecule has 0 fully saturated rings. The summed E-state index contributed by atoms with van der Waals surface area (Å²) in [6.45, 7) is 3.93. The van der Waals surface area contributed by atoms with Gasteiger partial charge in [-0.2, -0.15) is 0 Å². The van der Waals surface area contributed by atoms with E-state index in [2.05, 4.69) is 0 Å². The third-order valence-electron chi connectivity index (χ3n) is 2.89. The van der Waals surface area contributed by atoms with Crippen molar-refractivity contribution in [1.29, 1.82) is 0 Å². The van der Waals surface area contributed by atoms with Crippen molar-refractivity contribution in [1.82, 2.24) is 0 Å². The third kappa shape index (κ3) is 3.66. The smallest absolute Gasteiger partial charge is 0.149 e. The molecule has 20 heavy (non-hydrogen) atoms. The van der Waals surface area contributed by atoms with Gasteiger partial charge >= 0.3 is 0 Å². The van der Waals surface area contributed by atoms with Gasteiger partial charge in [0.1, 0.15) is 11.5 Å². The van der Waals surface area contributed by atoms with Crippen LogP contribution in [0.2, 0.25) is 10.0 Å². The van der Waals surface area contributed by atoms with Gasteiger partial charge in [0, 0.05) is 6.04 Å². The average Bonchev–Trinajstić information content (AvgIpc) is 2.35. The normalized spacial score (nSPS) is 12.2. The number of rotatable bonds is 4. The SMILES string of the molecule is Cc1ccc(Oc2c(Cl)cccc2CC(C)N)c(Cl)c1.